The van der Waals surface area contributed by atoms with Gasteiger partial charge in [-0.3, -0.25) is 19.2 Å². The lowest BCUT2D eigenvalue weighted by Gasteiger charge is -2.25. The van der Waals surface area contributed by atoms with E-state index >= 15 is 0 Å². The second-order valence-electron chi connectivity index (χ2n) is 7.95. The van der Waals surface area contributed by atoms with Crippen LogP contribution in [-0.4, -0.2) is 46.6 Å². The second-order valence-corrected chi connectivity index (χ2v) is 7.95. The molecular weight excluding hydrogens is 440 g/mol. The maximum absolute atomic E-state index is 13.3. The Bertz CT molecular complexity index is 1370. The number of phenols is 2. The van der Waals surface area contributed by atoms with Crippen LogP contribution in [0.25, 0.3) is 11.1 Å². The van der Waals surface area contributed by atoms with Gasteiger partial charge < -0.3 is 19.7 Å². The van der Waals surface area contributed by atoms with Crippen molar-refractivity contribution in [2.45, 2.75) is 27.7 Å². The van der Waals surface area contributed by atoms with E-state index in [0.717, 1.165) is 12.2 Å². The fourth-order valence-electron chi connectivity index (χ4n) is 4.43. The average Bonchev–Trinajstić information content (AvgIpc) is 2.76. The van der Waals surface area contributed by atoms with Crippen LogP contribution in [0.15, 0.2) is 35.8 Å². The van der Waals surface area contributed by atoms with E-state index in [9.17, 15) is 29.4 Å². The lowest BCUT2D eigenvalue weighted by Crippen LogP contribution is -2.22. The molecule has 0 radical (unpaired) electrons. The molecule has 174 valence electrons. The third kappa shape index (κ3) is 3.30. The molecular formula is C26H22O8. The molecule has 8 nitrogen and oxygen atoms in total. The van der Waals surface area contributed by atoms with Gasteiger partial charge in [0, 0.05) is 34.4 Å². The molecule has 0 aliphatic heterocycles. The number of hydrogen-bond donors (Lipinski definition) is 2. The lowest BCUT2D eigenvalue weighted by molar-refractivity contribution is 0.0889. The number of ether oxygens (including phenoxy) is 2. The van der Waals surface area contributed by atoms with Crippen LogP contribution in [0.5, 0.6) is 11.5 Å². The Kier molecular flexibility index (Phi) is 5.61. The van der Waals surface area contributed by atoms with Crippen LogP contribution >= 0.6 is 0 Å². The minimum Gasteiger partial charge on any atom is -0.507 e. The van der Waals surface area contributed by atoms with Crippen molar-refractivity contribution in [2.24, 2.45) is 0 Å². The van der Waals surface area contributed by atoms with Crippen molar-refractivity contribution in [3.8, 4) is 22.6 Å². The summed E-state index contributed by atoms with van der Waals surface area (Å²) in [5, 5.41) is 21.8. The third-order valence-corrected chi connectivity index (χ3v) is 5.79. The average molecular weight is 462 g/mol. The minimum atomic E-state index is -0.669. The van der Waals surface area contributed by atoms with Gasteiger partial charge in [-0.2, -0.15) is 0 Å². The highest BCUT2D eigenvalue weighted by atomic mass is 16.5. The van der Waals surface area contributed by atoms with Crippen molar-refractivity contribution in [3.05, 3.63) is 69.2 Å². The van der Waals surface area contributed by atoms with Crippen LogP contribution in [0, 0.1) is 13.8 Å². The van der Waals surface area contributed by atoms with Crippen LogP contribution in [0.2, 0.25) is 0 Å². The smallest absolute Gasteiger partial charge is 0.232 e. The fourth-order valence-corrected chi connectivity index (χ4v) is 4.43. The van der Waals surface area contributed by atoms with E-state index in [1.54, 1.807) is 27.7 Å². The molecule has 2 N–H and O–H groups in total. The molecule has 2 aromatic carbocycles. The van der Waals surface area contributed by atoms with Gasteiger partial charge in [-0.15, -0.1) is 0 Å². The van der Waals surface area contributed by atoms with Gasteiger partial charge >= 0.3 is 0 Å². The molecule has 0 atom stereocenters. The number of carbonyl (C=O) groups is 4. The van der Waals surface area contributed by atoms with Crippen molar-refractivity contribution in [3.63, 3.8) is 0 Å². The van der Waals surface area contributed by atoms with Crippen LogP contribution < -0.4 is 0 Å². The van der Waals surface area contributed by atoms with Gasteiger partial charge in [0.1, 0.15) is 11.5 Å². The molecule has 2 aliphatic rings. The first-order valence-electron chi connectivity index (χ1n) is 10.7. The van der Waals surface area contributed by atoms with E-state index in [1.165, 1.54) is 12.1 Å². The van der Waals surface area contributed by atoms with Crippen LogP contribution in [-0.2, 0) is 9.47 Å². The number of ketones is 4. The van der Waals surface area contributed by atoms with Gasteiger partial charge in [-0.05, 0) is 51.0 Å². The van der Waals surface area contributed by atoms with E-state index in [-0.39, 0.29) is 63.9 Å². The summed E-state index contributed by atoms with van der Waals surface area (Å²) in [7, 11) is 0. The molecule has 34 heavy (non-hydrogen) atoms. The molecule has 8 heteroatoms. The normalized spacial score (nSPS) is 14.9. The van der Waals surface area contributed by atoms with Gasteiger partial charge in [-0.25, -0.2) is 0 Å². The quantitative estimate of drug-likeness (QED) is 0.683. The summed E-state index contributed by atoms with van der Waals surface area (Å²) in [5.41, 5.74) is 0.456. The highest BCUT2D eigenvalue weighted by Crippen LogP contribution is 2.46. The van der Waals surface area contributed by atoms with Crippen molar-refractivity contribution in [1.29, 1.82) is 0 Å². The summed E-state index contributed by atoms with van der Waals surface area (Å²) >= 11 is 0. The SMILES string of the molecule is CCOC1=CC(=O)c2cc(C)c(-c3c(C)cc(O)c4c3C(=O)C(OCC)=CC4=O)c(O)c2C1=O. The van der Waals surface area contributed by atoms with Crippen LogP contribution in [0.3, 0.4) is 0 Å². The predicted octanol–water partition coefficient (Wildman–Crippen LogP) is 3.98. The summed E-state index contributed by atoms with van der Waals surface area (Å²) in [5.74, 6) is -3.71. The number of aryl methyl sites for hydroxylation is 2. The van der Waals surface area contributed by atoms with Gasteiger partial charge in [-0.1, -0.05) is 0 Å². The fraction of sp³-hybridized carbons (Fsp3) is 0.231. The Balaban J connectivity index is 2.06. The number of allylic oxidation sites excluding steroid dienone is 4. The van der Waals surface area contributed by atoms with Crippen molar-refractivity contribution < 1.29 is 38.9 Å². The maximum atomic E-state index is 13.3. The summed E-state index contributed by atoms with van der Waals surface area (Å²) in [6, 6.07) is 2.77. The highest BCUT2D eigenvalue weighted by molar-refractivity contribution is 6.29. The molecule has 2 aliphatic carbocycles. The van der Waals surface area contributed by atoms with Crippen molar-refractivity contribution in [1.82, 2.24) is 0 Å². The monoisotopic (exact) mass is 462 g/mol. The molecule has 0 unspecified atom stereocenters. The first-order valence-corrected chi connectivity index (χ1v) is 10.7. The Morgan fingerprint density at radius 2 is 1.21 bits per heavy atom. The van der Waals surface area contributed by atoms with Crippen LogP contribution in [0.4, 0.5) is 0 Å². The molecule has 0 amide bonds. The van der Waals surface area contributed by atoms with Gasteiger partial charge in [0.05, 0.1) is 24.3 Å². The zero-order valence-electron chi connectivity index (χ0n) is 19.1. The number of aromatic hydroxyl groups is 2. The van der Waals surface area contributed by atoms with E-state index in [4.69, 9.17) is 9.47 Å². The molecule has 4 rings (SSSR count). The number of benzene rings is 2. The third-order valence-electron chi connectivity index (χ3n) is 5.79. The van der Waals surface area contributed by atoms with Crippen molar-refractivity contribution >= 4 is 23.1 Å². The molecule has 0 heterocycles. The Morgan fingerprint density at radius 3 is 1.79 bits per heavy atom. The summed E-state index contributed by atoms with van der Waals surface area (Å²) in [4.78, 5) is 51.8. The molecule has 0 aromatic heterocycles. The van der Waals surface area contributed by atoms with E-state index < -0.39 is 28.9 Å². The number of carbonyl (C=O) groups excluding carboxylic acids is 4. The molecule has 2 aromatic rings. The zero-order chi connectivity index (χ0) is 24.9. The second kappa shape index (κ2) is 8.30. The zero-order valence-corrected chi connectivity index (χ0v) is 19.1. The number of Topliss-reactive ketones (excluding diaryl/α,β-unsaturated/α-hetero) is 2. The van der Waals surface area contributed by atoms with E-state index in [0.29, 0.717) is 11.1 Å². The summed E-state index contributed by atoms with van der Waals surface area (Å²) in [6.07, 6.45) is 2.11. The molecule has 0 bridgehead atoms. The predicted molar refractivity (Wildman–Crippen MR) is 121 cm³/mol. The highest BCUT2D eigenvalue weighted by Gasteiger charge is 2.37. The van der Waals surface area contributed by atoms with E-state index in [1.807, 2.05) is 0 Å². The molecule has 0 fully saturated rings. The van der Waals surface area contributed by atoms with Gasteiger partial charge in [0.15, 0.2) is 23.1 Å². The summed E-state index contributed by atoms with van der Waals surface area (Å²) in [6.45, 7) is 6.82. The maximum Gasteiger partial charge on any atom is 0.232 e. The minimum absolute atomic E-state index is 0.00908. The standard InChI is InChI=1S/C26H22O8/c1-5-33-17-9-14(27)13-7-11(3)20(26(32)21(13)24(17)30)19-12(4)8-15(28)22-16(29)10-18(34-6-2)25(31)23(19)22/h7-10,28,32H,5-6H2,1-4H3. The molecule has 0 spiro atoms. The van der Waals surface area contributed by atoms with Gasteiger partial charge in [0.2, 0.25) is 11.6 Å². The molecule has 0 saturated carbocycles. The topological polar surface area (TPSA) is 127 Å². The van der Waals surface area contributed by atoms with Gasteiger partial charge in [0.25, 0.3) is 0 Å². The first-order chi connectivity index (χ1) is 16.1. The Hall–Kier alpha value is -4.20. The number of phenolic OH excluding ortho intramolecular Hbond substituents is 2. The van der Waals surface area contributed by atoms with E-state index in [2.05, 4.69) is 0 Å². The number of rotatable bonds is 5. The molecule has 0 saturated heterocycles. The lowest BCUT2D eigenvalue weighted by atomic mass is 9.80. The number of hydrogen-bond acceptors (Lipinski definition) is 8. The Labute approximate surface area is 195 Å². The largest absolute Gasteiger partial charge is 0.507 e. The van der Waals surface area contributed by atoms with Crippen LogP contribution in [0.1, 0.15) is 66.4 Å². The Morgan fingerprint density at radius 1 is 0.676 bits per heavy atom. The number of fused-ring (bicyclic) bond motifs is 2. The first kappa shape index (κ1) is 23.0. The van der Waals surface area contributed by atoms with Crippen molar-refractivity contribution in [2.75, 3.05) is 13.2 Å². The summed E-state index contributed by atoms with van der Waals surface area (Å²) < 4.78 is 10.6.